The summed E-state index contributed by atoms with van der Waals surface area (Å²) in [6.45, 7) is -0.354. The number of imide groups is 1. The summed E-state index contributed by atoms with van der Waals surface area (Å²) in [5, 5.41) is 1.71. The summed E-state index contributed by atoms with van der Waals surface area (Å²) in [4.78, 5) is 36.1. The maximum atomic E-state index is 12.4. The number of rotatable bonds is 7. The monoisotopic (exact) mass is 404 g/mol. The van der Waals surface area contributed by atoms with Crippen molar-refractivity contribution in [3.8, 4) is 0 Å². The fraction of sp³-hybridized carbons (Fsp3) is 0.316. The minimum atomic E-state index is -3.78. The standard InChI is InChI=1S/C19H20N2O6S/c22-17-6-3-11-21(17)18(23)13-27-19(24)9-10-20-28(25,26)16-8-7-14-4-1-2-5-15(14)12-16/h1-2,4-5,7-8,12,20H,3,6,9-11,13H2. The van der Waals surface area contributed by atoms with Crippen LogP contribution < -0.4 is 4.72 Å². The van der Waals surface area contributed by atoms with Crippen molar-refractivity contribution >= 4 is 38.6 Å². The van der Waals surface area contributed by atoms with Gasteiger partial charge < -0.3 is 4.74 Å². The maximum absolute atomic E-state index is 12.4. The number of hydrogen-bond acceptors (Lipinski definition) is 6. The summed E-state index contributed by atoms with van der Waals surface area (Å²) >= 11 is 0. The van der Waals surface area contributed by atoms with Gasteiger partial charge in [-0.2, -0.15) is 0 Å². The lowest BCUT2D eigenvalue weighted by Crippen LogP contribution is -2.35. The molecule has 9 heteroatoms. The van der Waals surface area contributed by atoms with Crippen molar-refractivity contribution in [2.45, 2.75) is 24.2 Å². The van der Waals surface area contributed by atoms with E-state index < -0.39 is 28.5 Å². The Morgan fingerprint density at radius 2 is 1.86 bits per heavy atom. The Morgan fingerprint density at radius 3 is 2.57 bits per heavy atom. The number of benzene rings is 2. The fourth-order valence-corrected chi connectivity index (χ4v) is 3.98. The van der Waals surface area contributed by atoms with E-state index in [1.165, 1.54) is 6.07 Å². The smallest absolute Gasteiger partial charge is 0.307 e. The van der Waals surface area contributed by atoms with E-state index in [0.717, 1.165) is 15.7 Å². The average Bonchev–Trinajstić information content (AvgIpc) is 3.11. The van der Waals surface area contributed by atoms with Gasteiger partial charge in [0.1, 0.15) is 0 Å². The molecule has 0 aliphatic carbocycles. The van der Waals surface area contributed by atoms with Crippen LogP contribution in [-0.4, -0.2) is 50.8 Å². The number of likely N-dealkylation sites (tertiary alicyclic amines) is 1. The van der Waals surface area contributed by atoms with Crippen LogP contribution >= 0.6 is 0 Å². The molecular weight excluding hydrogens is 384 g/mol. The highest BCUT2D eigenvalue weighted by Crippen LogP contribution is 2.18. The number of amides is 2. The third kappa shape index (κ3) is 4.73. The predicted molar refractivity (Wildman–Crippen MR) is 101 cm³/mol. The van der Waals surface area contributed by atoms with Gasteiger partial charge in [0.25, 0.3) is 5.91 Å². The molecule has 0 radical (unpaired) electrons. The largest absolute Gasteiger partial charge is 0.456 e. The Morgan fingerprint density at radius 1 is 1.11 bits per heavy atom. The van der Waals surface area contributed by atoms with Crippen molar-refractivity contribution in [2.24, 2.45) is 0 Å². The molecule has 1 saturated heterocycles. The normalized spacial score (nSPS) is 14.4. The summed E-state index contributed by atoms with van der Waals surface area (Å²) < 4.78 is 31.9. The lowest BCUT2D eigenvalue weighted by atomic mass is 10.1. The number of ether oxygens (including phenoxy) is 1. The van der Waals surface area contributed by atoms with Gasteiger partial charge in [-0.15, -0.1) is 0 Å². The molecule has 0 unspecified atom stereocenters. The molecule has 0 aromatic heterocycles. The Bertz CT molecular complexity index is 1020. The minimum absolute atomic E-state index is 0.0993. The molecule has 28 heavy (non-hydrogen) atoms. The molecular formula is C19H20N2O6S. The number of nitrogens with one attached hydrogen (secondary N) is 1. The fourth-order valence-electron chi connectivity index (χ4n) is 2.91. The van der Waals surface area contributed by atoms with E-state index in [-0.39, 0.29) is 23.8 Å². The van der Waals surface area contributed by atoms with Crippen molar-refractivity contribution in [1.82, 2.24) is 9.62 Å². The zero-order chi connectivity index (χ0) is 20.1. The molecule has 0 spiro atoms. The van der Waals surface area contributed by atoms with Gasteiger partial charge in [0, 0.05) is 19.5 Å². The number of carbonyl (C=O) groups excluding carboxylic acids is 3. The number of sulfonamides is 1. The molecule has 2 aromatic rings. The van der Waals surface area contributed by atoms with Gasteiger partial charge in [0.05, 0.1) is 11.3 Å². The lowest BCUT2D eigenvalue weighted by molar-refractivity contribution is -0.154. The van der Waals surface area contributed by atoms with Crippen LogP contribution in [-0.2, 0) is 29.1 Å². The SMILES string of the molecule is O=C(CCNS(=O)(=O)c1ccc2ccccc2c1)OCC(=O)N1CCCC1=O. The van der Waals surface area contributed by atoms with E-state index >= 15 is 0 Å². The first-order chi connectivity index (χ1) is 13.4. The molecule has 1 N–H and O–H groups in total. The number of carbonyl (C=O) groups is 3. The van der Waals surface area contributed by atoms with E-state index in [0.29, 0.717) is 19.4 Å². The van der Waals surface area contributed by atoms with Crippen molar-refractivity contribution in [3.05, 3.63) is 42.5 Å². The molecule has 0 bridgehead atoms. The highest BCUT2D eigenvalue weighted by Gasteiger charge is 2.27. The number of fused-ring (bicyclic) bond motifs is 1. The van der Waals surface area contributed by atoms with E-state index in [1.54, 1.807) is 12.1 Å². The van der Waals surface area contributed by atoms with Gasteiger partial charge in [0.2, 0.25) is 15.9 Å². The van der Waals surface area contributed by atoms with Gasteiger partial charge in [-0.1, -0.05) is 30.3 Å². The Hall–Kier alpha value is -2.78. The zero-order valence-corrected chi connectivity index (χ0v) is 15.9. The minimum Gasteiger partial charge on any atom is -0.456 e. The molecule has 1 heterocycles. The van der Waals surface area contributed by atoms with Gasteiger partial charge in [0.15, 0.2) is 6.61 Å². The molecule has 8 nitrogen and oxygen atoms in total. The van der Waals surface area contributed by atoms with Crippen LogP contribution in [0, 0.1) is 0 Å². The predicted octanol–water partition coefficient (Wildman–Crippen LogP) is 1.20. The van der Waals surface area contributed by atoms with Crippen LogP contribution in [0.5, 0.6) is 0 Å². The number of hydrogen-bond donors (Lipinski definition) is 1. The summed E-state index contributed by atoms with van der Waals surface area (Å²) in [7, 11) is -3.78. The topological polar surface area (TPSA) is 110 Å². The molecule has 148 valence electrons. The van der Waals surface area contributed by atoms with E-state index in [4.69, 9.17) is 4.74 Å². The summed E-state index contributed by atoms with van der Waals surface area (Å²) in [5.74, 6) is -1.56. The van der Waals surface area contributed by atoms with Crippen molar-refractivity contribution in [1.29, 1.82) is 0 Å². The highest BCUT2D eigenvalue weighted by atomic mass is 32.2. The summed E-state index contributed by atoms with van der Waals surface area (Å²) in [5.41, 5.74) is 0. The zero-order valence-electron chi connectivity index (χ0n) is 15.1. The third-order valence-corrected chi connectivity index (χ3v) is 5.84. The van der Waals surface area contributed by atoms with E-state index in [9.17, 15) is 22.8 Å². The van der Waals surface area contributed by atoms with Gasteiger partial charge >= 0.3 is 5.97 Å². The Balaban J connectivity index is 1.48. The van der Waals surface area contributed by atoms with Crippen LogP contribution in [0.25, 0.3) is 10.8 Å². The van der Waals surface area contributed by atoms with Gasteiger partial charge in [-0.25, -0.2) is 13.1 Å². The van der Waals surface area contributed by atoms with Crippen LogP contribution in [0.3, 0.4) is 0 Å². The second-order valence-corrected chi connectivity index (χ2v) is 8.13. The molecule has 1 fully saturated rings. The number of nitrogens with zero attached hydrogens (tertiary/aromatic N) is 1. The van der Waals surface area contributed by atoms with Crippen LogP contribution in [0.15, 0.2) is 47.4 Å². The number of esters is 1. The molecule has 1 aliphatic rings. The van der Waals surface area contributed by atoms with Crippen molar-refractivity contribution < 1.29 is 27.5 Å². The molecule has 2 amide bonds. The van der Waals surface area contributed by atoms with E-state index in [2.05, 4.69) is 4.72 Å². The second-order valence-electron chi connectivity index (χ2n) is 6.36. The summed E-state index contributed by atoms with van der Waals surface area (Å²) in [6, 6.07) is 12.1. The third-order valence-electron chi connectivity index (χ3n) is 4.38. The lowest BCUT2D eigenvalue weighted by Gasteiger charge is -2.13. The summed E-state index contributed by atoms with van der Waals surface area (Å²) in [6.07, 6.45) is 0.694. The molecule has 1 aliphatic heterocycles. The highest BCUT2D eigenvalue weighted by molar-refractivity contribution is 7.89. The van der Waals surface area contributed by atoms with Gasteiger partial charge in [-0.3, -0.25) is 19.3 Å². The quantitative estimate of drug-likeness (QED) is 0.695. The molecule has 3 rings (SSSR count). The van der Waals surface area contributed by atoms with Crippen molar-refractivity contribution in [3.63, 3.8) is 0 Å². The average molecular weight is 404 g/mol. The Labute approximate surface area is 162 Å². The first-order valence-electron chi connectivity index (χ1n) is 8.84. The molecule has 2 aromatic carbocycles. The maximum Gasteiger partial charge on any atom is 0.307 e. The van der Waals surface area contributed by atoms with Crippen LogP contribution in [0.2, 0.25) is 0 Å². The first kappa shape index (κ1) is 20.0. The molecule has 0 atom stereocenters. The second kappa shape index (κ2) is 8.49. The molecule has 0 saturated carbocycles. The Kier molecular flexibility index (Phi) is 6.05. The van der Waals surface area contributed by atoms with E-state index in [1.807, 2.05) is 24.3 Å². The van der Waals surface area contributed by atoms with Crippen LogP contribution in [0.4, 0.5) is 0 Å². The van der Waals surface area contributed by atoms with Crippen molar-refractivity contribution in [2.75, 3.05) is 19.7 Å². The first-order valence-corrected chi connectivity index (χ1v) is 10.3. The van der Waals surface area contributed by atoms with Gasteiger partial charge in [-0.05, 0) is 29.3 Å². The van der Waals surface area contributed by atoms with Crippen LogP contribution in [0.1, 0.15) is 19.3 Å².